The van der Waals surface area contributed by atoms with Crippen molar-refractivity contribution in [3.63, 3.8) is 0 Å². The Kier molecular flexibility index (Phi) is 5.80. The number of carbonyl (C=O) groups is 1. The van der Waals surface area contributed by atoms with Gasteiger partial charge < -0.3 is 15.2 Å². The average molecular weight is 348 g/mol. The van der Waals surface area contributed by atoms with E-state index in [1.807, 2.05) is 23.1 Å². The molecule has 0 bridgehead atoms. The summed E-state index contributed by atoms with van der Waals surface area (Å²) < 4.78 is 1.43. The fourth-order valence-electron chi connectivity index (χ4n) is 3.26. The van der Waals surface area contributed by atoms with Gasteiger partial charge in [0.25, 0.3) is 5.91 Å². The summed E-state index contributed by atoms with van der Waals surface area (Å²) in [6.07, 6.45) is 1.60. The molecule has 0 saturated carbocycles. The number of likely N-dealkylation sites (tertiary alicyclic amines) is 1. The molecule has 3 rings (SSSR count). The van der Waals surface area contributed by atoms with E-state index in [1.165, 1.54) is 16.2 Å². The summed E-state index contributed by atoms with van der Waals surface area (Å²) in [6, 6.07) is 13.2. The molecular weight excluding hydrogens is 326 g/mol. The Morgan fingerprint density at radius 2 is 1.88 bits per heavy atom. The van der Waals surface area contributed by atoms with Crippen LogP contribution in [-0.4, -0.2) is 35.0 Å². The van der Waals surface area contributed by atoms with Gasteiger partial charge in [-0.25, -0.2) is 0 Å². The van der Waals surface area contributed by atoms with Crippen LogP contribution in [0.15, 0.2) is 53.5 Å². The number of pyridine rings is 1. The second-order valence-corrected chi connectivity index (χ2v) is 6.09. The second kappa shape index (κ2) is 7.64. The van der Waals surface area contributed by atoms with Crippen LogP contribution in [0.25, 0.3) is 0 Å². The Labute approximate surface area is 147 Å². The smallest absolute Gasteiger partial charge is 0.255 e. The summed E-state index contributed by atoms with van der Waals surface area (Å²) in [4.78, 5) is 26.0. The number of hydrogen-bond acceptors (Lipinski definition) is 3. The van der Waals surface area contributed by atoms with Gasteiger partial charge in [-0.1, -0.05) is 30.3 Å². The van der Waals surface area contributed by atoms with Gasteiger partial charge in [0.1, 0.15) is 0 Å². The molecule has 1 amide bonds. The monoisotopic (exact) mass is 347 g/mol. The van der Waals surface area contributed by atoms with Crippen molar-refractivity contribution in [1.29, 1.82) is 0 Å². The first-order chi connectivity index (χ1) is 11.1. The number of hydrogen-bond donors (Lipinski definition) is 1. The highest BCUT2D eigenvalue weighted by molar-refractivity contribution is 5.94. The van der Waals surface area contributed by atoms with Gasteiger partial charge in [-0.2, -0.15) is 0 Å². The zero-order valence-corrected chi connectivity index (χ0v) is 14.4. The number of benzene rings is 1. The predicted octanol–water partition coefficient (Wildman–Crippen LogP) is 1.62. The quantitative estimate of drug-likeness (QED) is 0.917. The average Bonchev–Trinajstić information content (AvgIpc) is 3.02. The van der Waals surface area contributed by atoms with Crippen LogP contribution >= 0.6 is 12.4 Å². The number of carbonyl (C=O) groups excluding carboxylic acids is 1. The minimum absolute atomic E-state index is 0. The molecule has 0 aliphatic carbocycles. The van der Waals surface area contributed by atoms with E-state index in [2.05, 4.69) is 12.1 Å². The van der Waals surface area contributed by atoms with Gasteiger partial charge in [0.15, 0.2) is 0 Å². The normalized spacial score (nSPS) is 19.8. The third-order valence-corrected chi connectivity index (χ3v) is 4.59. The van der Waals surface area contributed by atoms with E-state index in [1.54, 1.807) is 19.3 Å². The number of aryl methyl sites for hydroxylation is 1. The first-order valence-corrected chi connectivity index (χ1v) is 7.81. The zero-order valence-electron chi connectivity index (χ0n) is 13.6. The molecule has 2 aromatic rings. The molecule has 2 heterocycles. The molecule has 1 fully saturated rings. The van der Waals surface area contributed by atoms with E-state index in [0.717, 1.165) is 0 Å². The molecule has 5 nitrogen and oxygen atoms in total. The van der Waals surface area contributed by atoms with Gasteiger partial charge in [-0.3, -0.25) is 9.59 Å². The first kappa shape index (κ1) is 18.2. The molecule has 24 heavy (non-hydrogen) atoms. The second-order valence-electron chi connectivity index (χ2n) is 6.09. The fraction of sp³-hybridized carbons (Fsp3) is 0.333. The van der Waals surface area contributed by atoms with Crippen molar-refractivity contribution in [2.75, 3.05) is 19.6 Å². The lowest BCUT2D eigenvalue weighted by Crippen LogP contribution is -2.31. The summed E-state index contributed by atoms with van der Waals surface area (Å²) in [6.45, 7) is 1.86. The van der Waals surface area contributed by atoms with Crippen molar-refractivity contribution in [2.45, 2.75) is 5.92 Å². The van der Waals surface area contributed by atoms with E-state index < -0.39 is 0 Å². The summed E-state index contributed by atoms with van der Waals surface area (Å²) in [5, 5.41) is 0. The van der Waals surface area contributed by atoms with Crippen LogP contribution < -0.4 is 11.3 Å². The van der Waals surface area contributed by atoms with Gasteiger partial charge in [0.05, 0.1) is 5.56 Å². The number of nitrogens with two attached hydrogens (primary N) is 1. The molecular formula is C18H22ClN3O2. The van der Waals surface area contributed by atoms with Crippen LogP contribution in [0, 0.1) is 5.92 Å². The van der Waals surface area contributed by atoms with Crippen molar-refractivity contribution in [3.8, 4) is 0 Å². The Bertz CT molecular complexity index is 760. The van der Waals surface area contributed by atoms with Gasteiger partial charge >= 0.3 is 0 Å². The number of aromatic nitrogens is 1. The number of amides is 1. The largest absolute Gasteiger partial charge is 0.338 e. The van der Waals surface area contributed by atoms with Crippen molar-refractivity contribution in [2.24, 2.45) is 18.7 Å². The molecule has 1 aromatic carbocycles. The highest BCUT2D eigenvalue weighted by Crippen LogP contribution is 2.32. The number of rotatable bonds is 3. The van der Waals surface area contributed by atoms with Gasteiger partial charge in [0, 0.05) is 38.3 Å². The van der Waals surface area contributed by atoms with Gasteiger partial charge in [0.2, 0.25) is 5.56 Å². The topological polar surface area (TPSA) is 68.3 Å². The molecule has 128 valence electrons. The SMILES string of the molecule is Cl.Cn1cc(C(=O)N2C[C@@H](CN)[C@H](c3ccccc3)C2)ccc1=O. The molecule has 0 unspecified atom stereocenters. The molecule has 6 heteroatoms. The molecule has 0 spiro atoms. The Morgan fingerprint density at radius 1 is 1.17 bits per heavy atom. The number of halogens is 1. The lowest BCUT2D eigenvalue weighted by Gasteiger charge is -2.17. The highest BCUT2D eigenvalue weighted by Gasteiger charge is 2.35. The molecule has 2 N–H and O–H groups in total. The predicted molar refractivity (Wildman–Crippen MR) is 96.6 cm³/mol. The van der Waals surface area contributed by atoms with E-state index in [-0.39, 0.29) is 35.7 Å². The molecule has 1 aliphatic rings. The van der Waals surface area contributed by atoms with E-state index in [4.69, 9.17) is 5.73 Å². The summed E-state index contributed by atoms with van der Waals surface area (Å²) in [7, 11) is 1.65. The van der Waals surface area contributed by atoms with Gasteiger partial charge in [-0.05, 0) is 24.1 Å². The lowest BCUT2D eigenvalue weighted by molar-refractivity contribution is 0.0785. The molecule has 2 atom stereocenters. The summed E-state index contributed by atoms with van der Waals surface area (Å²) in [5.41, 5.74) is 7.56. The number of nitrogens with zero attached hydrogens (tertiary/aromatic N) is 2. The van der Waals surface area contributed by atoms with Crippen LogP contribution in [0.2, 0.25) is 0 Å². The molecule has 1 saturated heterocycles. The van der Waals surface area contributed by atoms with Crippen molar-refractivity contribution in [3.05, 3.63) is 70.1 Å². The lowest BCUT2D eigenvalue weighted by atomic mass is 9.89. The maximum Gasteiger partial charge on any atom is 0.255 e. The van der Waals surface area contributed by atoms with E-state index >= 15 is 0 Å². The minimum atomic E-state index is -0.120. The van der Waals surface area contributed by atoms with Crippen LogP contribution in [0.1, 0.15) is 21.8 Å². The molecule has 0 radical (unpaired) electrons. The minimum Gasteiger partial charge on any atom is -0.338 e. The van der Waals surface area contributed by atoms with Crippen LogP contribution in [0.4, 0.5) is 0 Å². The van der Waals surface area contributed by atoms with E-state index in [0.29, 0.717) is 25.2 Å². The Balaban J connectivity index is 0.00000208. The highest BCUT2D eigenvalue weighted by atomic mass is 35.5. The van der Waals surface area contributed by atoms with Crippen molar-refractivity contribution in [1.82, 2.24) is 9.47 Å². The maximum atomic E-state index is 12.7. The van der Waals surface area contributed by atoms with Crippen LogP contribution in [0.5, 0.6) is 0 Å². The van der Waals surface area contributed by atoms with Crippen LogP contribution in [-0.2, 0) is 7.05 Å². The standard InChI is InChI=1S/C18H21N3O2.ClH/c1-20-10-14(7-8-17(20)22)18(23)21-11-15(9-19)16(12-21)13-5-3-2-4-6-13;/h2-8,10,15-16H,9,11-12,19H2,1H3;1H/t15-,16+;/m1./s1. The van der Waals surface area contributed by atoms with Gasteiger partial charge in [-0.15, -0.1) is 12.4 Å². The van der Waals surface area contributed by atoms with Crippen molar-refractivity contribution >= 4 is 18.3 Å². The third kappa shape index (κ3) is 3.52. The fourth-order valence-corrected chi connectivity index (χ4v) is 3.26. The van der Waals surface area contributed by atoms with Crippen molar-refractivity contribution < 1.29 is 4.79 Å². The first-order valence-electron chi connectivity index (χ1n) is 7.81. The molecule has 1 aromatic heterocycles. The van der Waals surface area contributed by atoms with E-state index in [9.17, 15) is 9.59 Å². The Morgan fingerprint density at radius 3 is 2.50 bits per heavy atom. The summed E-state index contributed by atoms with van der Waals surface area (Å²) >= 11 is 0. The maximum absolute atomic E-state index is 12.7. The summed E-state index contributed by atoms with van der Waals surface area (Å²) in [5.74, 6) is 0.476. The molecule has 1 aliphatic heterocycles. The van der Waals surface area contributed by atoms with Crippen LogP contribution in [0.3, 0.4) is 0 Å². The zero-order chi connectivity index (χ0) is 16.4. The Hall–Kier alpha value is -2.11. The third-order valence-electron chi connectivity index (χ3n) is 4.59.